The van der Waals surface area contributed by atoms with Gasteiger partial charge >= 0.3 is 0 Å². The van der Waals surface area contributed by atoms with Crippen LogP contribution in [0.2, 0.25) is 5.02 Å². The van der Waals surface area contributed by atoms with E-state index >= 15 is 0 Å². The predicted octanol–water partition coefficient (Wildman–Crippen LogP) is 2.53. The number of fused-ring (bicyclic) bond motifs is 1. The molecule has 106 valence electrons. The van der Waals surface area contributed by atoms with Gasteiger partial charge in [-0.2, -0.15) is 5.10 Å². The van der Waals surface area contributed by atoms with Crippen LogP contribution in [0.25, 0.3) is 0 Å². The Morgan fingerprint density at radius 1 is 1.40 bits per heavy atom. The van der Waals surface area contributed by atoms with Crippen LogP contribution in [0.1, 0.15) is 42.5 Å². The lowest BCUT2D eigenvalue weighted by Crippen LogP contribution is -2.31. The van der Waals surface area contributed by atoms with Crippen molar-refractivity contribution in [1.29, 1.82) is 0 Å². The summed E-state index contributed by atoms with van der Waals surface area (Å²) in [5, 5.41) is 7.60. The third kappa shape index (κ3) is 2.69. The van der Waals surface area contributed by atoms with Gasteiger partial charge in [-0.3, -0.25) is 10.00 Å². The Morgan fingerprint density at radius 3 is 2.95 bits per heavy atom. The quantitative estimate of drug-likeness (QED) is 0.944. The minimum atomic E-state index is 0.377. The highest BCUT2D eigenvalue weighted by molar-refractivity contribution is 6.31. The topological polar surface area (TPSA) is 57.7 Å². The summed E-state index contributed by atoms with van der Waals surface area (Å²) >= 11 is 6.07. The van der Waals surface area contributed by atoms with Gasteiger partial charge in [-0.25, -0.2) is 9.97 Å². The number of rotatable bonds is 3. The summed E-state index contributed by atoms with van der Waals surface area (Å²) in [6, 6.07) is 0. The molecular weight excluding hydrogens is 274 g/mol. The van der Waals surface area contributed by atoms with E-state index in [4.69, 9.17) is 11.6 Å². The lowest BCUT2D eigenvalue weighted by atomic mass is 10.1. The Hall–Kier alpha value is -1.46. The van der Waals surface area contributed by atoms with Crippen molar-refractivity contribution in [2.45, 2.75) is 39.3 Å². The summed E-state index contributed by atoms with van der Waals surface area (Å²) in [5.74, 6) is 1.32. The number of hydrogen-bond donors (Lipinski definition) is 1. The molecular formula is C14H18ClN5. The van der Waals surface area contributed by atoms with Gasteiger partial charge in [-0.15, -0.1) is 0 Å². The molecule has 0 saturated carbocycles. The number of nitrogens with zero attached hydrogens (tertiary/aromatic N) is 4. The molecule has 2 aromatic heterocycles. The SMILES string of the molecule is CC(C)c1ncc2c(n1)CCN(Cc1[nH]ncc1Cl)C2. The Balaban J connectivity index is 1.74. The van der Waals surface area contributed by atoms with Gasteiger partial charge in [-0.1, -0.05) is 25.4 Å². The first-order valence-corrected chi connectivity index (χ1v) is 7.26. The molecule has 6 heteroatoms. The lowest BCUT2D eigenvalue weighted by Gasteiger charge is -2.27. The lowest BCUT2D eigenvalue weighted by molar-refractivity contribution is 0.239. The van der Waals surface area contributed by atoms with Gasteiger partial charge in [-0.05, 0) is 0 Å². The van der Waals surface area contributed by atoms with Gasteiger partial charge in [0.1, 0.15) is 5.82 Å². The first-order chi connectivity index (χ1) is 9.63. The van der Waals surface area contributed by atoms with Crippen LogP contribution >= 0.6 is 11.6 Å². The molecule has 0 radical (unpaired) electrons. The van der Waals surface area contributed by atoms with Crippen LogP contribution in [0.5, 0.6) is 0 Å². The molecule has 0 bridgehead atoms. The summed E-state index contributed by atoms with van der Waals surface area (Å²) in [4.78, 5) is 11.5. The average Bonchev–Trinajstić information content (AvgIpc) is 2.83. The summed E-state index contributed by atoms with van der Waals surface area (Å²) in [6.07, 6.45) is 4.58. The summed E-state index contributed by atoms with van der Waals surface area (Å²) in [7, 11) is 0. The molecule has 0 fully saturated rings. The van der Waals surface area contributed by atoms with Gasteiger partial charge in [0.05, 0.1) is 16.9 Å². The first kappa shape index (κ1) is 13.5. The van der Waals surface area contributed by atoms with Crippen molar-refractivity contribution < 1.29 is 0 Å². The zero-order valence-electron chi connectivity index (χ0n) is 11.7. The monoisotopic (exact) mass is 291 g/mol. The Bertz CT molecular complexity index is 607. The highest BCUT2D eigenvalue weighted by Gasteiger charge is 2.20. The maximum Gasteiger partial charge on any atom is 0.131 e. The number of hydrogen-bond acceptors (Lipinski definition) is 4. The van der Waals surface area contributed by atoms with Crippen LogP contribution in [0.15, 0.2) is 12.4 Å². The van der Waals surface area contributed by atoms with Crippen LogP contribution in [0, 0.1) is 0 Å². The third-order valence-corrected chi connectivity index (χ3v) is 3.92. The molecule has 1 N–H and O–H groups in total. The molecule has 0 spiro atoms. The van der Waals surface area contributed by atoms with Gasteiger partial charge in [0.2, 0.25) is 0 Å². The molecule has 20 heavy (non-hydrogen) atoms. The zero-order chi connectivity index (χ0) is 14.1. The highest BCUT2D eigenvalue weighted by atomic mass is 35.5. The molecule has 0 saturated heterocycles. The van der Waals surface area contributed by atoms with Gasteiger partial charge < -0.3 is 0 Å². The second-order valence-corrected chi connectivity index (χ2v) is 5.92. The second-order valence-electron chi connectivity index (χ2n) is 5.51. The summed E-state index contributed by atoms with van der Waals surface area (Å²) in [5.41, 5.74) is 3.38. The van der Waals surface area contributed by atoms with E-state index in [0.717, 1.165) is 37.6 Å². The van der Waals surface area contributed by atoms with E-state index in [1.807, 2.05) is 6.20 Å². The minimum Gasteiger partial charge on any atom is -0.293 e. The standard InChI is InChI=1S/C14H18ClN5/c1-9(2)14-16-5-10-7-20(4-3-12(10)18-14)8-13-11(15)6-17-19-13/h5-6,9H,3-4,7-8H2,1-2H3,(H,17,19). The maximum absolute atomic E-state index is 6.07. The van der Waals surface area contributed by atoms with E-state index in [1.54, 1.807) is 6.20 Å². The normalized spacial score (nSPS) is 15.6. The first-order valence-electron chi connectivity index (χ1n) is 6.88. The van der Waals surface area contributed by atoms with E-state index in [-0.39, 0.29) is 0 Å². The Kier molecular flexibility index (Phi) is 3.72. The van der Waals surface area contributed by atoms with Gasteiger partial charge in [0.25, 0.3) is 0 Å². The van der Waals surface area contributed by atoms with E-state index in [1.165, 1.54) is 11.3 Å². The predicted molar refractivity (Wildman–Crippen MR) is 77.5 cm³/mol. The molecule has 3 heterocycles. The molecule has 0 aliphatic carbocycles. The maximum atomic E-state index is 6.07. The van der Waals surface area contributed by atoms with Gasteiger partial charge in [0.15, 0.2) is 0 Å². The molecule has 0 aromatic carbocycles. The Morgan fingerprint density at radius 2 is 2.25 bits per heavy atom. The average molecular weight is 292 g/mol. The zero-order valence-corrected chi connectivity index (χ0v) is 12.5. The largest absolute Gasteiger partial charge is 0.293 e. The number of H-pyrrole nitrogens is 1. The van der Waals surface area contributed by atoms with E-state index in [0.29, 0.717) is 10.9 Å². The molecule has 5 nitrogen and oxygen atoms in total. The van der Waals surface area contributed by atoms with Crippen LogP contribution in [0.4, 0.5) is 0 Å². The highest BCUT2D eigenvalue weighted by Crippen LogP contribution is 2.21. The van der Waals surface area contributed by atoms with Crippen molar-refractivity contribution in [3.8, 4) is 0 Å². The third-order valence-electron chi connectivity index (χ3n) is 3.60. The molecule has 0 amide bonds. The van der Waals surface area contributed by atoms with E-state index in [9.17, 15) is 0 Å². The van der Waals surface area contributed by atoms with Crippen molar-refractivity contribution >= 4 is 11.6 Å². The number of halogens is 1. The van der Waals surface area contributed by atoms with Crippen LogP contribution in [0.3, 0.4) is 0 Å². The van der Waals surface area contributed by atoms with Crippen molar-refractivity contribution in [2.24, 2.45) is 0 Å². The van der Waals surface area contributed by atoms with E-state index < -0.39 is 0 Å². The number of nitrogens with one attached hydrogen (secondary N) is 1. The number of aromatic nitrogens is 4. The molecule has 3 rings (SSSR count). The van der Waals surface area contributed by atoms with Crippen molar-refractivity contribution in [2.75, 3.05) is 6.54 Å². The Labute approximate surface area is 123 Å². The smallest absolute Gasteiger partial charge is 0.131 e. The van der Waals surface area contributed by atoms with Crippen LogP contribution in [-0.4, -0.2) is 31.6 Å². The summed E-state index contributed by atoms with van der Waals surface area (Å²) in [6.45, 7) is 6.87. The molecule has 1 aliphatic heterocycles. The molecule has 0 atom stereocenters. The summed E-state index contributed by atoms with van der Waals surface area (Å²) < 4.78 is 0. The number of aromatic amines is 1. The molecule has 0 unspecified atom stereocenters. The van der Waals surface area contributed by atoms with Crippen LogP contribution < -0.4 is 0 Å². The fraction of sp³-hybridized carbons (Fsp3) is 0.500. The fourth-order valence-electron chi connectivity index (χ4n) is 2.44. The second kappa shape index (κ2) is 5.50. The van der Waals surface area contributed by atoms with Gasteiger partial charge in [0, 0.05) is 49.4 Å². The van der Waals surface area contributed by atoms with E-state index in [2.05, 4.69) is 38.9 Å². The molecule has 1 aliphatic rings. The minimum absolute atomic E-state index is 0.377. The fourth-order valence-corrected chi connectivity index (χ4v) is 2.59. The van der Waals surface area contributed by atoms with Crippen molar-refractivity contribution in [1.82, 2.24) is 25.1 Å². The van der Waals surface area contributed by atoms with Crippen molar-refractivity contribution in [3.05, 3.63) is 40.2 Å². The molecule has 2 aromatic rings. The van der Waals surface area contributed by atoms with Crippen LogP contribution in [-0.2, 0) is 19.5 Å². The van der Waals surface area contributed by atoms with Crippen molar-refractivity contribution in [3.63, 3.8) is 0 Å².